The maximum Gasteiger partial charge on any atom is 0.248 e. The van der Waals surface area contributed by atoms with E-state index >= 15 is 0 Å². The largest absolute Gasteiger partial charge is 0.381 e. The second-order valence-electron chi connectivity index (χ2n) is 3.52. The maximum absolute atomic E-state index is 11.4. The number of likely N-dealkylation sites (tertiary alicyclic amines) is 1. The fraction of sp³-hybridized carbons (Fsp3) is 0.667. The number of hydrogen-bond donors (Lipinski definition) is 2. The molecule has 1 saturated heterocycles. The summed E-state index contributed by atoms with van der Waals surface area (Å²) >= 11 is 0. The highest BCUT2D eigenvalue weighted by atomic mass is 16.3. The smallest absolute Gasteiger partial charge is 0.248 e. The lowest BCUT2D eigenvalue weighted by molar-refractivity contribution is -0.146. The molecule has 1 aliphatic rings. The monoisotopic (exact) mass is 214 g/mol. The van der Waals surface area contributed by atoms with Crippen molar-refractivity contribution in [2.75, 3.05) is 6.54 Å². The molecule has 0 spiro atoms. The van der Waals surface area contributed by atoms with Crippen molar-refractivity contribution in [2.24, 2.45) is 5.73 Å². The highest BCUT2D eigenvalue weighted by molar-refractivity contribution is 5.96. The highest BCUT2D eigenvalue weighted by Crippen LogP contribution is 2.12. The Morgan fingerprint density at radius 2 is 1.80 bits per heavy atom. The van der Waals surface area contributed by atoms with E-state index < -0.39 is 12.0 Å². The first-order valence-corrected chi connectivity index (χ1v) is 4.83. The van der Waals surface area contributed by atoms with Crippen LogP contribution in [-0.4, -0.2) is 40.4 Å². The van der Waals surface area contributed by atoms with E-state index in [9.17, 15) is 19.5 Å². The van der Waals surface area contributed by atoms with Crippen LogP contribution in [-0.2, 0) is 14.4 Å². The third-order valence-electron chi connectivity index (χ3n) is 2.32. The minimum Gasteiger partial charge on any atom is -0.381 e. The number of primary amides is 1. The Morgan fingerprint density at radius 1 is 1.33 bits per heavy atom. The molecule has 3 N–H and O–H groups in total. The normalized spacial score (nSPS) is 19.9. The van der Waals surface area contributed by atoms with Gasteiger partial charge in [0.1, 0.15) is 0 Å². The molecular formula is C9H14N2O4. The van der Waals surface area contributed by atoms with Crippen LogP contribution in [0.25, 0.3) is 0 Å². The molecule has 6 heteroatoms. The molecule has 0 radical (unpaired) electrons. The maximum atomic E-state index is 11.4. The van der Waals surface area contributed by atoms with Gasteiger partial charge in [-0.15, -0.1) is 0 Å². The number of carbonyl (C=O) groups is 3. The average Bonchev–Trinajstić information content (AvgIpc) is 2.32. The van der Waals surface area contributed by atoms with Gasteiger partial charge in [-0.05, 0) is 12.8 Å². The molecule has 0 aromatic rings. The molecule has 1 heterocycles. The zero-order valence-electron chi connectivity index (χ0n) is 8.31. The van der Waals surface area contributed by atoms with E-state index in [1.807, 2.05) is 0 Å². The number of amides is 3. The first kappa shape index (κ1) is 11.6. The van der Waals surface area contributed by atoms with Gasteiger partial charge in [-0.25, -0.2) is 0 Å². The van der Waals surface area contributed by atoms with Gasteiger partial charge in [0.2, 0.25) is 17.7 Å². The summed E-state index contributed by atoms with van der Waals surface area (Å²) in [4.78, 5) is 34.4. The van der Waals surface area contributed by atoms with Gasteiger partial charge in [0.15, 0.2) is 6.10 Å². The van der Waals surface area contributed by atoms with Gasteiger partial charge < -0.3 is 10.8 Å². The van der Waals surface area contributed by atoms with Crippen LogP contribution in [0, 0.1) is 0 Å². The SMILES string of the molecule is NC(=O)C(O)CN1C(=O)CCCCC1=O. The summed E-state index contributed by atoms with van der Waals surface area (Å²) in [5.74, 6) is -1.63. The Balaban J connectivity index is 2.67. The summed E-state index contributed by atoms with van der Waals surface area (Å²) in [6.45, 7) is -0.326. The summed E-state index contributed by atoms with van der Waals surface area (Å²) in [5, 5.41) is 9.19. The number of nitrogens with zero attached hydrogens (tertiary/aromatic N) is 1. The number of imide groups is 1. The third-order valence-corrected chi connectivity index (χ3v) is 2.32. The lowest BCUT2D eigenvalue weighted by Gasteiger charge is -2.20. The number of β-amino-alcohol motifs (C(OH)–C–C–N with tert-alkyl or cyclic N) is 1. The van der Waals surface area contributed by atoms with E-state index in [0.717, 1.165) is 4.90 Å². The zero-order valence-corrected chi connectivity index (χ0v) is 8.31. The Kier molecular flexibility index (Phi) is 3.79. The Bertz CT molecular complexity index is 272. The quantitative estimate of drug-likeness (QED) is 0.574. The number of nitrogens with two attached hydrogens (primary N) is 1. The van der Waals surface area contributed by atoms with Gasteiger partial charge in [-0.1, -0.05) is 0 Å². The predicted molar refractivity (Wildman–Crippen MR) is 50.4 cm³/mol. The minimum atomic E-state index is -1.48. The molecule has 1 unspecified atom stereocenters. The van der Waals surface area contributed by atoms with Crippen LogP contribution >= 0.6 is 0 Å². The van der Waals surface area contributed by atoms with E-state index in [4.69, 9.17) is 5.73 Å². The molecule has 1 atom stereocenters. The topological polar surface area (TPSA) is 101 Å². The van der Waals surface area contributed by atoms with Gasteiger partial charge in [-0.2, -0.15) is 0 Å². The number of aliphatic hydroxyl groups excluding tert-OH is 1. The average molecular weight is 214 g/mol. The van der Waals surface area contributed by atoms with E-state index in [0.29, 0.717) is 12.8 Å². The van der Waals surface area contributed by atoms with E-state index in [-0.39, 0.29) is 31.2 Å². The van der Waals surface area contributed by atoms with Crippen LogP contribution < -0.4 is 5.73 Å². The fourth-order valence-corrected chi connectivity index (χ4v) is 1.43. The summed E-state index contributed by atoms with van der Waals surface area (Å²) < 4.78 is 0. The van der Waals surface area contributed by atoms with Crippen LogP contribution in [0.3, 0.4) is 0 Å². The van der Waals surface area contributed by atoms with Gasteiger partial charge in [0.25, 0.3) is 0 Å². The lowest BCUT2D eigenvalue weighted by Crippen LogP contribution is -2.45. The molecule has 1 aliphatic heterocycles. The van der Waals surface area contributed by atoms with Gasteiger partial charge in [0.05, 0.1) is 6.54 Å². The van der Waals surface area contributed by atoms with E-state index in [1.54, 1.807) is 0 Å². The molecule has 1 fully saturated rings. The van der Waals surface area contributed by atoms with Crippen LogP contribution in [0.1, 0.15) is 25.7 Å². The molecular weight excluding hydrogens is 200 g/mol. The molecule has 3 amide bonds. The molecule has 15 heavy (non-hydrogen) atoms. The number of hydrogen-bond acceptors (Lipinski definition) is 4. The van der Waals surface area contributed by atoms with Crippen molar-refractivity contribution in [1.82, 2.24) is 4.90 Å². The molecule has 0 saturated carbocycles. The van der Waals surface area contributed by atoms with Crippen molar-refractivity contribution in [3.63, 3.8) is 0 Å². The fourth-order valence-electron chi connectivity index (χ4n) is 1.43. The predicted octanol–water partition coefficient (Wildman–Crippen LogP) is -1.24. The number of aliphatic hydroxyl groups is 1. The van der Waals surface area contributed by atoms with Crippen molar-refractivity contribution < 1.29 is 19.5 Å². The van der Waals surface area contributed by atoms with Crippen LogP contribution in [0.15, 0.2) is 0 Å². The van der Waals surface area contributed by atoms with Crippen LogP contribution in [0.5, 0.6) is 0 Å². The molecule has 1 rings (SSSR count). The van der Waals surface area contributed by atoms with Crippen molar-refractivity contribution in [1.29, 1.82) is 0 Å². The molecule has 0 aromatic carbocycles. The Morgan fingerprint density at radius 3 is 2.20 bits per heavy atom. The second-order valence-corrected chi connectivity index (χ2v) is 3.52. The summed E-state index contributed by atoms with van der Waals surface area (Å²) in [5.41, 5.74) is 4.84. The summed E-state index contributed by atoms with van der Waals surface area (Å²) in [6, 6.07) is 0. The Hall–Kier alpha value is -1.43. The third kappa shape index (κ3) is 3.02. The van der Waals surface area contributed by atoms with Crippen LogP contribution in [0.4, 0.5) is 0 Å². The van der Waals surface area contributed by atoms with Crippen LogP contribution in [0.2, 0.25) is 0 Å². The summed E-state index contributed by atoms with van der Waals surface area (Å²) in [6.07, 6.45) is 0.395. The molecule has 84 valence electrons. The van der Waals surface area contributed by atoms with E-state index in [2.05, 4.69) is 0 Å². The lowest BCUT2D eigenvalue weighted by atomic mass is 10.2. The number of carbonyl (C=O) groups excluding carboxylic acids is 3. The number of rotatable bonds is 3. The molecule has 0 aromatic heterocycles. The van der Waals surface area contributed by atoms with Crippen molar-refractivity contribution in [3.05, 3.63) is 0 Å². The second kappa shape index (κ2) is 4.88. The van der Waals surface area contributed by atoms with Crippen molar-refractivity contribution in [3.8, 4) is 0 Å². The van der Waals surface area contributed by atoms with Crippen molar-refractivity contribution in [2.45, 2.75) is 31.8 Å². The summed E-state index contributed by atoms with van der Waals surface area (Å²) in [7, 11) is 0. The first-order chi connectivity index (χ1) is 7.02. The molecule has 6 nitrogen and oxygen atoms in total. The molecule has 0 aliphatic carbocycles. The molecule has 0 bridgehead atoms. The Labute approximate surface area is 87.0 Å². The van der Waals surface area contributed by atoms with Gasteiger partial charge in [-0.3, -0.25) is 19.3 Å². The first-order valence-electron chi connectivity index (χ1n) is 4.83. The van der Waals surface area contributed by atoms with Crippen molar-refractivity contribution >= 4 is 17.7 Å². The minimum absolute atomic E-state index is 0.275. The standard InChI is InChI=1S/C9H14N2O4/c10-9(15)6(12)5-11-7(13)3-1-2-4-8(11)14/h6,12H,1-5H2,(H2,10,15). The zero-order chi connectivity index (χ0) is 11.4. The highest BCUT2D eigenvalue weighted by Gasteiger charge is 2.27. The van der Waals surface area contributed by atoms with Gasteiger partial charge >= 0.3 is 0 Å². The van der Waals surface area contributed by atoms with E-state index in [1.165, 1.54) is 0 Å². The van der Waals surface area contributed by atoms with Gasteiger partial charge in [0, 0.05) is 12.8 Å².